The molecule has 4 heteroatoms. The molecule has 2 nitrogen and oxygen atoms in total. The van der Waals surface area contributed by atoms with E-state index in [0.29, 0.717) is 0 Å². The number of para-hydroxylation sites is 1. The van der Waals surface area contributed by atoms with E-state index in [9.17, 15) is 0 Å². The summed E-state index contributed by atoms with van der Waals surface area (Å²) in [6.07, 6.45) is 3.69. The van der Waals surface area contributed by atoms with Crippen LogP contribution in [0.3, 0.4) is 0 Å². The van der Waals surface area contributed by atoms with Crippen LogP contribution in [0.25, 0.3) is 0 Å². The lowest BCUT2D eigenvalue weighted by molar-refractivity contribution is -0.162. The van der Waals surface area contributed by atoms with Crippen LogP contribution in [0.2, 0.25) is 0 Å². The number of benzene rings is 2. The van der Waals surface area contributed by atoms with Crippen molar-refractivity contribution in [2.75, 3.05) is 0 Å². The fraction of sp³-hybridized carbons (Fsp3) is 0.111. The summed E-state index contributed by atoms with van der Waals surface area (Å²) in [5.74, 6) is 1.55. The zero-order chi connectivity index (χ0) is 14.8. The maximum absolute atomic E-state index is 5.58. The van der Waals surface area contributed by atoms with Crippen LogP contribution in [-0.4, -0.2) is 0 Å². The van der Waals surface area contributed by atoms with Crippen molar-refractivity contribution in [3.05, 3.63) is 82.5 Å². The summed E-state index contributed by atoms with van der Waals surface area (Å²) < 4.78 is 0. The smallest absolute Gasteiger partial charge is 0.182 e. The van der Waals surface area contributed by atoms with Gasteiger partial charge in [-0.15, -0.1) is 0 Å². The fourth-order valence-electron chi connectivity index (χ4n) is 2.46. The van der Waals surface area contributed by atoms with Crippen LogP contribution in [0.1, 0.15) is 11.1 Å². The van der Waals surface area contributed by atoms with Crippen molar-refractivity contribution in [1.29, 1.82) is 0 Å². The van der Waals surface area contributed by atoms with Crippen molar-refractivity contribution in [2.45, 2.75) is 17.7 Å². The second kappa shape index (κ2) is 6.15. The molecule has 0 saturated carbocycles. The summed E-state index contributed by atoms with van der Waals surface area (Å²) in [5, 5.41) is 3.38. The normalized spacial score (nSPS) is 16.7. The van der Waals surface area contributed by atoms with E-state index in [0.717, 1.165) is 35.5 Å². The molecule has 0 saturated heterocycles. The number of fused-ring (bicyclic) bond motifs is 2. The van der Waals surface area contributed by atoms with Crippen LogP contribution in [0, 0.1) is 5.41 Å². The summed E-state index contributed by atoms with van der Waals surface area (Å²) >= 11 is 0. The predicted molar refractivity (Wildman–Crippen MR) is 90.3 cm³/mol. The van der Waals surface area contributed by atoms with Crippen molar-refractivity contribution < 1.29 is 9.78 Å². The van der Waals surface area contributed by atoms with Crippen LogP contribution >= 0.6 is 21.6 Å². The van der Waals surface area contributed by atoms with Crippen molar-refractivity contribution >= 4 is 21.6 Å². The molecule has 22 heavy (non-hydrogen) atoms. The van der Waals surface area contributed by atoms with Crippen LogP contribution in [-0.2, 0) is 17.7 Å². The maximum Gasteiger partial charge on any atom is 0.182 e. The van der Waals surface area contributed by atoms with Crippen molar-refractivity contribution in [1.82, 2.24) is 0 Å². The average Bonchev–Trinajstić information content (AvgIpc) is 2.90. The van der Waals surface area contributed by atoms with Gasteiger partial charge >= 0.3 is 0 Å². The Morgan fingerprint density at radius 2 is 1.73 bits per heavy atom. The summed E-state index contributed by atoms with van der Waals surface area (Å²) in [7, 11) is 3.34. The molecule has 2 aliphatic heterocycles. The molecular formula is C18H13O2S2. The molecular weight excluding hydrogens is 312 g/mol. The third kappa shape index (κ3) is 2.76. The number of hydrogen-bond donors (Lipinski definition) is 0. The van der Waals surface area contributed by atoms with Gasteiger partial charge in [0.05, 0.1) is 0 Å². The van der Waals surface area contributed by atoms with Gasteiger partial charge in [0.15, 0.2) is 11.5 Å². The molecule has 0 unspecified atom stereocenters. The van der Waals surface area contributed by atoms with Gasteiger partial charge in [0.2, 0.25) is 0 Å². The highest BCUT2D eigenvalue weighted by Gasteiger charge is 2.19. The monoisotopic (exact) mass is 325 g/mol. The van der Waals surface area contributed by atoms with E-state index in [1.54, 1.807) is 21.6 Å². The van der Waals surface area contributed by atoms with E-state index >= 15 is 0 Å². The van der Waals surface area contributed by atoms with Gasteiger partial charge in [-0.05, 0) is 30.2 Å². The lowest BCUT2D eigenvalue weighted by Crippen LogP contribution is -2.02. The Labute approximate surface area is 137 Å². The molecule has 0 N–H and O–H groups in total. The second-order valence-electron chi connectivity index (χ2n) is 5.08. The van der Waals surface area contributed by atoms with E-state index in [1.807, 2.05) is 18.2 Å². The molecule has 2 heterocycles. The van der Waals surface area contributed by atoms with E-state index < -0.39 is 0 Å². The third-order valence-corrected chi connectivity index (χ3v) is 5.66. The van der Waals surface area contributed by atoms with Gasteiger partial charge in [0.1, 0.15) is 0 Å². The van der Waals surface area contributed by atoms with Gasteiger partial charge in [-0.2, -0.15) is 0 Å². The standard InChI is InChI=1S/C18H13O2S2/c1-3-7-16-13(5-1)9-10-17(20-19-16)15-11-14-6-2-4-8-18(14)22-21-12-15/h1-8,10H,9,11H2. The van der Waals surface area contributed by atoms with Gasteiger partial charge in [-0.1, -0.05) is 58.0 Å². The molecule has 0 aliphatic carbocycles. The van der Waals surface area contributed by atoms with Gasteiger partial charge in [-0.25, -0.2) is 0 Å². The number of rotatable bonds is 1. The molecule has 0 amide bonds. The minimum atomic E-state index is 0.765. The van der Waals surface area contributed by atoms with Gasteiger partial charge in [0.25, 0.3) is 0 Å². The lowest BCUT2D eigenvalue weighted by Gasteiger charge is -2.10. The fourth-order valence-corrected chi connectivity index (χ4v) is 4.43. The zero-order valence-corrected chi connectivity index (χ0v) is 13.4. The van der Waals surface area contributed by atoms with E-state index in [2.05, 4.69) is 41.8 Å². The van der Waals surface area contributed by atoms with Gasteiger partial charge < -0.3 is 0 Å². The quantitative estimate of drug-likeness (QED) is 0.535. The van der Waals surface area contributed by atoms with Gasteiger partial charge in [0, 0.05) is 27.9 Å². The second-order valence-corrected chi connectivity index (χ2v) is 7.06. The molecule has 4 rings (SSSR count). The minimum absolute atomic E-state index is 0.765. The highest BCUT2D eigenvalue weighted by atomic mass is 33.1. The molecule has 2 aromatic rings. The Bertz CT molecular complexity index is 765. The van der Waals surface area contributed by atoms with Crippen molar-refractivity contribution in [3.8, 4) is 5.75 Å². The summed E-state index contributed by atoms with van der Waals surface area (Å²) in [5.41, 5.74) is 3.47. The van der Waals surface area contributed by atoms with Crippen LogP contribution in [0.5, 0.6) is 5.75 Å². The molecule has 0 aromatic heterocycles. The van der Waals surface area contributed by atoms with Crippen LogP contribution in [0.15, 0.2) is 70.8 Å². The Morgan fingerprint density at radius 1 is 0.909 bits per heavy atom. The highest BCUT2D eigenvalue weighted by molar-refractivity contribution is 8.77. The molecule has 109 valence electrons. The highest BCUT2D eigenvalue weighted by Crippen LogP contribution is 2.40. The largest absolute Gasteiger partial charge is 0.290 e. The number of allylic oxidation sites excluding steroid dienone is 2. The Kier molecular flexibility index (Phi) is 3.87. The maximum atomic E-state index is 5.58. The first kappa shape index (κ1) is 13.9. The first-order valence-electron chi connectivity index (χ1n) is 7.06. The molecule has 2 aliphatic rings. The Balaban J connectivity index is 1.61. The van der Waals surface area contributed by atoms with E-state index in [4.69, 9.17) is 9.78 Å². The van der Waals surface area contributed by atoms with Crippen molar-refractivity contribution in [2.24, 2.45) is 0 Å². The third-order valence-electron chi connectivity index (χ3n) is 3.63. The zero-order valence-electron chi connectivity index (χ0n) is 11.7. The Hall–Kier alpha value is -1.78. The molecule has 0 spiro atoms. The molecule has 0 fully saturated rings. The molecule has 2 aromatic carbocycles. The van der Waals surface area contributed by atoms with Crippen LogP contribution < -0.4 is 4.89 Å². The SMILES string of the molecule is [C]1=C(C2=CCc3ccccc3OO2)Cc2ccccc2SS1. The van der Waals surface area contributed by atoms with E-state index in [-0.39, 0.29) is 0 Å². The summed E-state index contributed by atoms with van der Waals surface area (Å²) in [4.78, 5) is 12.4. The van der Waals surface area contributed by atoms with E-state index in [1.165, 1.54) is 10.5 Å². The lowest BCUT2D eigenvalue weighted by atomic mass is 10.0. The average molecular weight is 325 g/mol. The summed E-state index contributed by atoms with van der Waals surface area (Å²) in [6.45, 7) is 0. The first-order chi connectivity index (χ1) is 10.9. The molecule has 0 atom stereocenters. The minimum Gasteiger partial charge on any atom is -0.290 e. The van der Waals surface area contributed by atoms with Crippen molar-refractivity contribution in [3.63, 3.8) is 0 Å². The molecule has 0 bridgehead atoms. The topological polar surface area (TPSA) is 18.5 Å². The summed E-state index contributed by atoms with van der Waals surface area (Å²) in [6, 6.07) is 16.4. The first-order valence-corrected chi connectivity index (χ1v) is 9.21. The van der Waals surface area contributed by atoms with Gasteiger partial charge in [-0.3, -0.25) is 9.78 Å². The molecule has 1 radical (unpaired) electrons. The Morgan fingerprint density at radius 3 is 2.68 bits per heavy atom. The van der Waals surface area contributed by atoms with Crippen LogP contribution in [0.4, 0.5) is 0 Å². The number of hydrogen-bond acceptors (Lipinski definition) is 4. The predicted octanol–water partition coefficient (Wildman–Crippen LogP) is 5.12.